The fourth-order valence-corrected chi connectivity index (χ4v) is 3.15. The molecule has 0 radical (unpaired) electrons. The summed E-state index contributed by atoms with van der Waals surface area (Å²) in [7, 11) is 0. The minimum absolute atomic E-state index is 0.134. The molecule has 7 heteroatoms. The maximum atomic E-state index is 10.9. The van der Waals surface area contributed by atoms with Crippen LogP contribution in [0.4, 0.5) is 5.13 Å². The molecule has 0 aliphatic rings. The van der Waals surface area contributed by atoms with E-state index in [1.165, 1.54) is 29.6 Å². The Labute approximate surface area is 117 Å². The molecule has 0 fully saturated rings. The van der Waals surface area contributed by atoms with E-state index in [0.717, 1.165) is 23.4 Å². The lowest BCUT2D eigenvalue weighted by atomic mass is 10.2. The van der Waals surface area contributed by atoms with Gasteiger partial charge in [0, 0.05) is 17.2 Å². The van der Waals surface area contributed by atoms with Crippen LogP contribution in [-0.2, 0) is 17.6 Å². The second-order valence-corrected chi connectivity index (χ2v) is 5.92. The monoisotopic (exact) mass is 296 g/mol. The highest BCUT2D eigenvalue weighted by molar-refractivity contribution is 7.14. The normalized spacial score (nSPS) is 10.4. The van der Waals surface area contributed by atoms with E-state index < -0.39 is 5.97 Å². The number of thiazole rings is 1. The van der Waals surface area contributed by atoms with Gasteiger partial charge in [-0.05, 0) is 25.0 Å². The van der Waals surface area contributed by atoms with E-state index in [0.29, 0.717) is 10.0 Å². The van der Waals surface area contributed by atoms with Gasteiger partial charge in [0.15, 0.2) is 5.13 Å². The fraction of sp³-hybridized carbons (Fsp3) is 0.250. The molecule has 19 heavy (non-hydrogen) atoms. The summed E-state index contributed by atoms with van der Waals surface area (Å²) in [5.41, 5.74) is 0.902. The number of hydrogen-bond donors (Lipinski definition) is 2. The predicted octanol–water partition coefficient (Wildman–Crippen LogP) is 2.65. The fourth-order valence-electron chi connectivity index (χ4n) is 1.51. The van der Waals surface area contributed by atoms with Gasteiger partial charge >= 0.3 is 5.97 Å². The largest absolute Gasteiger partial charge is 0.477 e. The molecule has 0 unspecified atom stereocenters. The van der Waals surface area contributed by atoms with Crippen molar-refractivity contribution in [2.75, 3.05) is 5.32 Å². The summed E-state index contributed by atoms with van der Waals surface area (Å²) in [6.07, 6.45) is 1.48. The number of carboxylic acid groups (broad SMARTS) is 1. The molecular weight excluding hydrogens is 284 g/mol. The van der Waals surface area contributed by atoms with Gasteiger partial charge in [0.25, 0.3) is 0 Å². The average molecular weight is 296 g/mol. The first-order chi connectivity index (χ1) is 9.04. The topological polar surface area (TPSA) is 79.3 Å². The summed E-state index contributed by atoms with van der Waals surface area (Å²) in [5.74, 6) is -1.02. The zero-order valence-electron chi connectivity index (χ0n) is 10.2. The van der Waals surface area contributed by atoms with Crippen LogP contribution in [0.15, 0.2) is 17.5 Å². The first-order valence-corrected chi connectivity index (χ1v) is 7.28. The quantitative estimate of drug-likeness (QED) is 0.889. The molecule has 0 saturated heterocycles. The molecule has 2 heterocycles. The number of nitrogens with one attached hydrogen (secondary N) is 1. The Morgan fingerprint density at radius 3 is 2.79 bits per heavy atom. The van der Waals surface area contributed by atoms with Crippen molar-refractivity contribution in [3.8, 4) is 0 Å². The van der Waals surface area contributed by atoms with Crippen LogP contribution in [0.3, 0.4) is 0 Å². The molecule has 0 aromatic carbocycles. The molecule has 0 aliphatic carbocycles. The number of aromatic carboxylic acids is 1. The van der Waals surface area contributed by atoms with Crippen LogP contribution in [0.2, 0.25) is 0 Å². The summed E-state index contributed by atoms with van der Waals surface area (Å²) in [5, 5.41) is 14.0. The van der Waals surface area contributed by atoms with Crippen LogP contribution in [-0.4, -0.2) is 22.0 Å². The number of amides is 1. The van der Waals surface area contributed by atoms with Crippen molar-refractivity contribution in [2.24, 2.45) is 0 Å². The van der Waals surface area contributed by atoms with Crippen molar-refractivity contribution < 1.29 is 14.7 Å². The van der Waals surface area contributed by atoms with Crippen molar-refractivity contribution >= 4 is 39.7 Å². The zero-order chi connectivity index (χ0) is 13.8. The van der Waals surface area contributed by atoms with Gasteiger partial charge in [0.05, 0.1) is 5.69 Å². The number of nitrogens with zero attached hydrogens (tertiary/aromatic N) is 1. The molecule has 0 bridgehead atoms. The third kappa shape index (κ3) is 3.87. The summed E-state index contributed by atoms with van der Waals surface area (Å²) < 4.78 is 0. The number of thiophene rings is 1. The van der Waals surface area contributed by atoms with Crippen LogP contribution >= 0.6 is 22.7 Å². The van der Waals surface area contributed by atoms with E-state index in [4.69, 9.17) is 5.11 Å². The van der Waals surface area contributed by atoms with E-state index in [2.05, 4.69) is 10.3 Å². The first kappa shape index (κ1) is 13.7. The van der Waals surface area contributed by atoms with Gasteiger partial charge in [0.2, 0.25) is 5.91 Å². The van der Waals surface area contributed by atoms with Crippen LogP contribution in [0.25, 0.3) is 0 Å². The SMILES string of the molecule is CC(=O)Nc1nc(CCc2ccc(C(=O)O)s2)cs1. The van der Waals surface area contributed by atoms with Crippen LogP contribution in [0.1, 0.15) is 27.2 Å². The number of hydrogen-bond acceptors (Lipinski definition) is 5. The number of anilines is 1. The molecule has 100 valence electrons. The number of carboxylic acids is 1. The number of aromatic nitrogens is 1. The highest BCUT2D eigenvalue weighted by atomic mass is 32.1. The zero-order valence-corrected chi connectivity index (χ0v) is 11.8. The number of carbonyl (C=O) groups is 2. The number of aryl methyl sites for hydroxylation is 2. The molecule has 0 atom stereocenters. The molecule has 2 N–H and O–H groups in total. The van der Waals surface area contributed by atoms with E-state index in [9.17, 15) is 9.59 Å². The van der Waals surface area contributed by atoms with E-state index in [1.807, 2.05) is 11.4 Å². The molecule has 2 aromatic rings. The molecule has 2 aromatic heterocycles. The first-order valence-electron chi connectivity index (χ1n) is 5.58. The Bertz CT molecular complexity index is 604. The molecule has 0 spiro atoms. The lowest BCUT2D eigenvalue weighted by molar-refractivity contribution is -0.114. The summed E-state index contributed by atoms with van der Waals surface area (Å²) >= 11 is 2.67. The lowest BCUT2D eigenvalue weighted by Gasteiger charge is -1.95. The van der Waals surface area contributed by atoms with E-state index in [-0.39, 0.29) is 5.91 Å². The average Bonchev–Trinajstić information content (AvgIpc) is 2.94. The van der Waals surface area contributed by atoms with Gasteiger partial charge in [-0.15, -0.1) is 22.7 Å². The highest BCUT2D eigenvalue weighted by Crippen LogP contribution is 2.20. The van der Waals surface area contributed by atoms with Crippen molar-refractivity contribution in [2.45, 2.75) is 19.8 Å². The third-order valence-electron chi connectivity index (χ3n) is 2.33. The Hall–Kier alpha value is -1.73. The van der Waals surface area contributed by atoms with Gasteiger partial charge in [-0.1, -0.05) is 0 Å². The van der Waals surface area contributed by atoms with Crippen molar-refractivity contribution in [3.05, 3.63) is 33.0 Å². The van der Waals surface area contributed by atoms with Crippen LogP contribution in [0.5, 0.6) is 0 Å². The minimum atomic E-state index is -0.891. The van der Waals surface area contributed by atoms with Gasteiger partial charge in [-0.3, -0.25) is 4.79 Å². The second-order valence-electron chi connectivity index (χ2n) is 3.90. The Morgan fingerprint density at radius 2 is 2.16 bits per heavy atom. The Kier molecular flexibility index (Phi) is 4.28. The van der Waals surface area contributed by atoms with Gasteiger partial charge in [0.1, 0.15) is 4.88 Å². The highest BCUT2D eigenvalue weighted by Gasteiger charge is 2.08. The van der Waals surface area contributed by atoms with E-state index in [1.54, 1.807) is 6.07 Å². The summed E-state index contributed by atoms with van der Waals surface area (Å²) in [4.78, 5) is 27.3. The van der Waals surface area contributed by atoms with Gasteiger partial charge < -0.3 is 10.4 Å². The van der Waals surface area contributed by atoms with Crippen LogP contribution < -0.4 is 5.32 Å². The molecule has 2 rings (SSSR count). The van der Waals surface area contributed by atoms with Gasteiger partial charge in [-0.2, -0.15) is 0 Å². The maximum absolute atomic E-state index is 10.9. The summed E-state index contributed by atoms with van der Waals surface area (Å²) in [6, 6.07) is 3.45. The van der Waals surface area contributed by atoms with Crippen molar-refractivity contribution in [1.29, 1.82) is 0 Å². The third-order valence-corrected chi connectivity index (χ3v) is 4.27. The summed E-state index contributed by atoms with van der Waals surface area (Å²) in [6.45, 7) is 1.44. The standard InChI is InChI=1S/C12H12N2O3S2/c1-7(15)13-12-14-8(6-18-12)2-3-9-4-5-10(19-9)11(16)17/h4-6H,2-3H2,1H3,(H,16,17)(H,13,14,15). The molecule has 0 aliphatic heterocycles. The van der Waals surface area contributed by atoms with Crippen molar-refractivity contribution in [3.63, 3.8) is 0 Å². The Morgan fingerprint density at radius 1 is 1.37 bits per heavy atom. The maximum Gasteiger partial charge on any atom is 0.345 e. The Balaban J connectivity index is 1.92. The minimum Gasteiger partial charge on any atom is -0.477 e. The second kappa shape index (κ2) is 5.94. The van der Waals surface area contributed by atoms with Crippen molar-refractivity contribution in [1.82, 2.24) is 4.98 Å². The smallest absolute Gasteiger partial charge is 0.345 e. The number of carbonyl (C=O) groups excluding carboxylic acids is 1. The van der Waals surface area contributed by atoms with Crippen LogP contribution in [0, 0.1) is 0 Å². The lowest BCUT2D eigenvalue weighted by Crippen LogP contribution is -2.05. The van der Waals surface area contributed by atoms with Gasteiger partial charge in [-0.25, -0.2) is 9.78 Å². The van der Waals surface area contributed by atoms with E-state index >= 15 is 0 Å². The molecular formula is C12H12N2O3S2. The molecule has 0 saturated carbocycles. The molecule has 1 amide bonds. The number of rotatable bonds is 5. The molecule has 5 nitrogen and oxygen atoms in total. The predicted molar refractivity (Wildman–Crippen MR) is 75.1 cm³/mol.